The van der Waals surface area contributed by atoms with Crippen LogP contribution in [0.2, 0.25) is 0 Å². The van der Waals surface area contributed by atoms with Crippen molar-refractivity contribution in [2.45, 2.75) is 57.4 Å². The number of rotatable bonds is 11. The van der Waals surface area contributed by atoms with Crippen molar-refractivity contribution in [2.24, 2.45) is 5.41 Å². The van der Waals surface area contributed by atoms with E-state index < -0.39 is 23.5 Å². The number of aliphatic carboxylic acids is 1. The summed E-state index contributed by atoms with van der Waals surface area (Å²) in [6.07, 6.45) is 3.09. The van der Waals surface area contributed by atoms with E-state index in [0.29, 0.717) is 19.3 Å². The molecule has 0 heterocycles. The Morgan fingerprint density at radius 1 is 1.06 bits per heavy atom. The van der Waals surface area contributed by atoms with Crippen LogP contribution in [0.5, 0.6) is 0 Å². The number of nitrogens with one attached hydrogen (secondary N) is 2. The number of carbonyl (C=O) groups excluding carboxylic acids is 2. The monoisotopic (exact) mass is 464 g/mol. The fourth-order valence-corrected chi connectivity index (χ4v) is 4.75. The maximum Gasteiger partial charge on any atom is 0.407 e. The number of fused-ring (bicyclic) bond motifs is 3. The molecule has 4 rings (SSSR count). The summed E-state index contributed by atoms with van der Waals surface area (Å²) in [5.41, 5.74) is 3.95. The van der Waals surface area contributed by atoms with Crippen molar-refractivity contribution in [2.75, 3.05) is 13.2 Å². The number of carboxylic acid groups (broad SMARTS) is 1. The van der Waals surface area contributed by atoms with Crippen LogP contribution < -0.4 is 10.6 Å². The van der Waals surface area contributed by atoms with Crippen LogP contribution in [-0.4, -0.2) is 42.3 Å². The van der Waals surface area contributed by atoms with Crippen LogP contribution in [0.15, 0.2) is 48.5 Å². The molecule has 2 aliphatic carbocycles. The van der Waals surface area contributed by atoms with Crippen molar-refractivity contribution in [1.82, 2.24) is 10.6 Å². The molecule has 1 atom stereocenters. The molecule has 2 aliphatic rings. The molecule has 0 aliphatic heterocycles. The summed E-state index contributed by atoms with van der Waals surface area (Å²) in [4.78, 5) is 36.5. The fourth-order valence-electron chi connectivity index (χ4n) is 4.75. The highest BCUT2D eigenvalue weighted by atomic mass is 16.5. The van der Waals surface area contributed by atoms with Crippen LogP contribution in [0.3, 0.4) is 0 Å². The van der Waals surface area contributed by atoms with Crippen molar-refractivity contribution < 1.29 is 24.2 Å². The Hall–Kier alpha value is -3.35. The van der Waals surface area contributed by atoms with Crippen LogP contribution in [0.1, 0.15) is 62.5 Å². The van der Waals surface area contributed by atoms with Gasteiger partial charge in [-0.05, 0) is 41.5 Å². The average molecular weight is 465 g/mol. The highest BCUT2D eigenvalue weighted by Crippen LogP contribution is 2.46. The molecule has 3 N–H and O–H groups in total. The number of hydrogen-bond donors (Lipinski definition) is 3. The summed E-state index contributed by atoms with van der Waals surface area (Å²) in [6, 6.07) is 15.9. The first-order valence-corrected chi connectivity index (χ1v) is 12.0. The topological polar surface area (TPSA) is 105 Å². The highest BCUT2D eigenvalue weighted by molar-refractivity contribution is 5.87. The van der Waals surface area contributed by atoms with Crippen molar-refractivity contribution in [3.63, 3.8) is 0 Å². The first-order chi connectivity index (χ1) is 16.4. The largest absolute Gasteiger partial charge is 0.481 e. The molecule has 180 valence electrons. The van der Waals surface area contributed by atoms with E-state index in [2.05, 4.69) is 34.9 Å². The Bertz CT molecular complexity index is 1020. The Kier molecular flexibility index (Phi) is 7.20. The van der Waals surface area contributed by atoms with E-state index in [9.17, 15) is 14.4 Å². The van der Waals surface area contributed by atoms with Gasteiger partial charge in [0.1, 0.15) is 6.61 Å². The van der Waals surface area contributed by atoms with Gasteiger partial charge in [0.05, 0.1) is 11.8 Å². The van der Waals surface area contributed by atoms with Gasteiger partial charge in [0.25, 0.3) is 0 Å². The molecule has 0 spiro atoms. The first-order valence-electron chi connectivity index (χ1n) is 12.0. The van der Waals surface area contributed by atoms with Crippen LogP contribution >= 0.6 is 0 Å². The zero-order chi connectivity index (χ0) is 24.1. The lowest BCUT2D eigenvalue weighted by Gasteiger charge is -2.22. The number of carbonyl (C=O) groups is 3. The molecule has 0 saturated heterocycles. The molecule has 1 saturated carbocycles. The third-order valence-electron chi connectivity index (χ3n) is 6.91. The molecule has 0 radical (unpaired) electrons. The van der Waals surface area contributed by atoms with Gasteiger partial charge in [0, 0.05) is 18.5 Å². The lowest BCUT2D eigenvalue weighted by molar-refractivity contribution is -0.138. The van der Waals surface area contributed by atoms with Gasteiger partial charge < -0.3 is 20.5 Å². The molecule has 0 aromatic heterocycles. The van der Waals surface area contributed by atoms with E-state index in [0.717, 1.165) is 24.0 Å². The summed E-state index contributed by atoms with van der Waals surface area (Å²) in [6.45, 7) is 2.43. The Morgan fingerprint density at radius 2 is 1.68 bits per heavy atom. The molecular weight excluding hydrogens is 432 g/mol. The SMILES string of the molecule is CCCC[C@@H](CC(=O)O)NC(=O)C1(CNC(=O)OCC2c3ccccc3-c3ccccc32)CC1. The maximum absolute atomic E-state index is 12.8. The molecule has 0 unspecified atom stereocenters. The van der Waals surface area contributed by atoms with Crippen molar-refractivity contribution in [3.8, 4) is 11.1 Å². The average Bonchev–Trinajstić information content (AvgIpc) is 3.56. The molecule has 7 nitrogen and oxygen atoms in total. The number of ether oxygens (including phenoxy) is 1. The zero-order valence-electron chi connectivity index (χ0n) is 19.5. The van der Waals surface area contributed by atoms with Gasteiger partial charge >= 0.3 is 12.1 Å². The molecular formula is C27H32N2O5. The molecule has 34 heavy (non-hydrogen) atoms. The summed E-state index contributed by atoms with van der Waals surface area (Å²) in [5, 5.41) is 14.8. The number of benzene rings is 2. The Morgan fingerprint density at radius 3 is 2.24 bits per heavy atom. The normalized spacial score (nSPS) is 16.1. The summed E-state index contributed by atoms with van der Waals surface area (Å²) in [5.74, 6) is -1.14. The minimum absolute atomic E-state index is 0.0216. The third-order valence-corrected chi connectivity index (χ3v) is 6.91. The van der Waals surface area contributed by atoms with Crippen LogP contribution in [0.25, 0.3) is 11.1 Å². The van der Waals surface area contributed by atoms with Gasteiger partial charge in [0.15, 0.2) is 0 Å². The van der Waals surface area contributed by atoms with E-state index >= 15 is 0 Å². The summed E-state index contributed by atoms with van der Waals surface area (Å²) in [7, 11) is 0. The van der Waals surface area contributed by atoms with E-state index in [1.807, 2.05) is 31.2 Å². The zero-order valence-corrected chi connectivity index (χ0v) is 19.5. The molecule has 2 amide bonds. The van der Waals surface area contributed by atoms with E-state index in [1.165, 1.54) is 11.1 Å². The fraction of sp³-hybridized carbons (Fsp3) is 0.444. The Balaban J connectivity index is 1.30. The van der Waals surface area contributed by atoms with Gasteiger partial charge in [-0.15, -0.1) is 0 Å². The van der Waals surface area contributed by atoms with Gasteiger partial charge in [-0.2, -0.15) is 0 Å². The predicted molar refractivity (Wildman–Crippen MR) is 128 cm³/mol. The third kappa shape index (κ3) is 5.24. The minimum Gasteiger partial charge on any atom is -0.481 e. The van der Waals surface area contributed by atoms with Gasteiger partial charge in [0.2, 0.25) is 5.91 Å². The second kappa shape index (κ2) is 10.3. The number of unbranched alkanes of at least 4 members (excludes halogenated alkanes) is 1. The Labute approximate surface area is 199 Å². The minimum atomic E-state index is -0.928. The lowest BCUT2D eigenvalue weighted by Crippen LogP contribution is -2.45. The predicted octanol–water partition coefficient (Wildman–Crippen LogP) is 4.46. The quantitative estimate of drug-likeness (QED) is 0.456. The summed E-state index contributed by atoms with van der Waals surface area (Å²) < 4.78 is 5.57. The van der Waals surface area contributed by atoms with E-state index in [4.69, 9.17) is 9.84 Å². The lowest BCUT2D eigenvalue weighted by atomic mass is 9.98. The van der Waals surface area contributed by atoms with E-state index in [1.54, 1.807) is 0 Å². The van der Waals surface area contributed by atoms with Gasteiger partial charge in [-0.25, -0.2) is 4.79 Å². The maximum atomic E-state index is 12.8. The van der Waals surface area contributed by atoms with Crippen molar-refractivity contribution >= 4 is 18.0 Å². The van der Waals surface area contributed by atoms with Crippen molar-refractivity contribution in [1.29, 1.82) is 0 Å². The van der Waals surface area contributed by atoms with Gasteiger partial charge in [-0.1, -0.05) is 68.3 Å². The first kappa shape index (κ1) is 23.8. The molecule has 1 fully saturated rings. The van der Waals surface area contributed by atoms with Crippen LogP contribution in [-0.2, 0) is 14.3 Å². The van der Waals surface area contributed by atoms with Crippen LogP contribution in [0.4, 0.5) is 4.79 Å². The second-order valence-electron chi connectivity index (χ2n) is 9.37. The standard InChI is InChI=1S/C27H32N2O5/c1-2-3-8-18(15-24(30)31)29-25(32)27(13-14-27)17-28-26(33)34-16-23-21-11-6-4-9-19(21)20-10-5-7-12-22(20)23/h4-7,9-12,18,23H,2-3,8,13-17H2,1H3,(H,28,33)(H,29,32)(H,30,31)/t18-/m0/s1. The van der Waals surface area contributed by atoms with E-state index in [-0.39, 0.29) is 31.4 Å². The molecule has 0 bridgehead atoms. The highest BCUT2D eigenvalue weighted by Gasteiger charge is 2.50. The number of alkyl carbamates (subject to hydrolysis) is 1. The molecule has 2 aromatic rings. The molecule has 2 aromatic carbocycles. The van der Waals surface area contributed by atoms with Crippen molar-refractivity contribution in [3.05, 3.63) is 59.7 Å². The number of amides is 2. The number of hydrogen-bond acceptors (Lipinski definition) is 4. The smallest absolute Gasteiger partial charge is 0.407 e. The molecule has 7 heteroatoms. The number of carboxylic acids is 1. The van der Waals surface area contributed by atoms with Crippen LogP contribution in [0, 0.1) is 5.41 Å². The summed E-state index contributed by atoms with van der Waals surface area (Å²) >= 11 is 0. The second-order valence-corrected chi connectivity index (χ2v) is 9.37. The van der Waals surface area contributed by atoms with Gasteiger partial charge in [-0.3, -0.25) is 9.59 Å².